The molecule has 0 aromatic heterocycles. The number of rotatable bonds is 4. The van der Waals surface area contributed by atoms with Crippen LogP contribution in [-0.4, -0.2) is 29.7 Å². The molecule has 2 heterocycles. The molecule has 3 nitrogen and oxygen atoms in total. The maximum Gasteiger partial charge on any atom is 0.410 e. The number of fused-ring (bicyclic) bond motifs is 5. The van der Waals surface area contributed by atoms with Crippen LogP contribution in [0.25, 0.3) is 11.1 Å². The minimum absolute atomic E-state index is 0.0692. The maximum absolute atomic E-state index is 14.0. The van der Waals surface area contributed by atoms with Gasteiger partial charge in [0.2, 0.25) is 0 Å². The summed E-state index contributed by atoms with van der Waals surface area (Å²) < 4.78 is 19.9. The van der Waals surface area contributed by atoms with E-state index in [4.69, 9.17) is 4.74 Å². The average Bonchev–Trinajstić information content (AvgIpc) is 3.31. The Kier molecular flexibility index (Phi) is 5.24. The van der Waals surface area contributed by atoms with E-state index in [1.54, 1.807) is 13.0 Å². The number of carbonyl (C=O) groups is 1. The molecule has 34 heavy (non-hydrogen) atoms. The average molecular weight is 454 g/mol. The summed E-state index contributed by atoms with van der Waals surface area (Å²) >= 11 is 0. The van der Waals surface area contributed by atoms with Crippen molar-refractivity contribution in [3.05, 3.63) is 106 Å². The van der Waals surface area contributed by atoms with E-state index in [1.165, 1.54) is 27.8 Å². The highest BCUT2D eigenvalue weighted by Crippen LogP contribution is 2.45. The molecule has 3 aromatic carbocycles. The number of halogens is 1. The van der Waals surface area contributed by atoms with Crippen LogP contribution in [0.5, 0.6) is 0 Å². The number of carbonyl (C=O) groups excluding carboxylic acids is 1. The fraction of sp³-hybridized carbons (Fsp3) is 0.300. The van der Waals surface area contributed by atoms with Gasteiger partial charge >= 0.3 is 6.09 Å². The Bertz CT molecular complexity index is 1250. The molecular formula is C30H28FNO2. The van der Waals surface area contributed by atoms with Crippen LogP contribution in [-0.2, 0) is 11.2 Å². The Labute approximate surface area is 199 Å². The van der Waals surface area contributed by atoms with Crippen molar-refractivity contribution in [1.82, 2.24) is 4.90 Å². The van der Waals surface area contributed by atoms with Gasteiger partial charge in [-0.3, -0.25) is 4.90 Å². The molecule has 1 saturated heterocycles. The van der Waals surface area contributed by atoms with Gasteiger partial charge in [-0.2, -0.15) is 0 Å². The highest BCUT2D eigenvalue weighted by Gasteiger charge is 2.41. The predicted octanol–water partition coefficient (Wildman–Crippen LogP) is 6.79. The fourth-order valence-corrected chi connectivity index (χ4v) is 6.01. The zero-order valence-corrected chi connectivity index (χ0v) is 19.3. The first-order chi connectivity index (χ1) is 16.6. The third-order valence-corrected chi connectivity index (χ3v) is 7.69. The highest BCUT2D eigenvalue weighted by molar-refractivity contribution is 5.79. The first-order valence-electron chi connectivity index (χ1n) is 12.2. The zero-order valence-electron chi connectivity index (χ0n) is 19.3. The molecule has 4 heteroatoms. The Morgan fingerprint density at radius 1 is 1.00 bits per heavy atom. The van der Waals surface area contributed by atoms with Crippen LogP contribution in [0.1, 0.15) is 47.4 Å². The number of benzene rings is 3. The van der Waals surface area contributed by atoms with Crippen LogP contribution in [0.2, 0.25) is 0 Å². The normalized spacial score (nSPS) is 20.6. The lowest BCUT2D eigenvalue weighted by molar-refractivity contribution is 0.0849. The number of nitrogens with zero attached hydrogens (tertiary/aromatic N) is 1. The van der Waals surface area contributed by atoms with Crippen LogP contribution in [0.4, 0.5) is 9.18 Å². The largest absolute Gasteiger partial charge is 0.448 e. The van der Waals surface area contributed by atoms with Crippen molar-refractivity contribution in [1.29, 1.82) is 0 Å². The van der Waals surface area contributed by atoms with Crippen LogP contribution in [0.15, 0.2) is 78.4 Å². The zero-order chi connectivity index (χ0) is 23.2. The molecule has 3 aliphatic rings. The lowest BCUT2D eigenvalue weighted by Crippen LogP contribution is -2.44. The fourth-order valence-electron chi connectivity index (χ4n) is 6.01. The van der Waals surface area contributed by atoms with Gasteiger partial charge in [0, 0.05) is 12.0 Å². The van der Waals surface area contributed by atoms with Crippen molar-refractivity contribution in [2.24, 2.45) is 0 Å². The van der Waals surface area contributed by atoms with Crippen molar-refractivity contribution in [2.45, 2.75) is 50.6 Å². The van der Waals surface area contributed by atoms with Gasteiger partial charge in [-0.1, -0.05) is 72.3 Å². The smallest absolute Gasteiger partial charge is 0.410 e. The van der Waals surface area contributed by atoms with E-state index in [0.717, 1.165) is 31.2 Å². The van der Waals surface area contributed by atoms with Crippen molar-refractivity contribution in [3.8, 4) is 11.1 Å². The molecule has 2 aliphatic heterocycles. The molecule has 6 rings (SSSR count). The summed E-state index contributed by atoms with van der Waals surface area (Å²) in [6.07, 6.45) is 5.50. The predicted molar refractivity (Wildman–Crippen MR) is 131 cm³/mol. The molecule has 1 amide bonds. The summed E-state index contributed by atoms with van der Waals surface area (Å²) in [5.74, 6) is -0.0847. The second kappa shape index (κ2) is 8.43. The molecule has 0 radical (unpaired) electrons. The molecule has 2 bridgehead atoms. The Morgan fingerprint density at radius 3 is 2.38 bits per heavy atom. The van der Waals surface area contributed by atoms with Gasteiger partial charge in [-0.25, -0.2) is 9.18 Å². The maximum atomic E-state index is 14.0. The van der Waals surface area contributed by atoms with Crippen LogP contribution in [0, 0.1) is 12.7 Å². The molecule has 0 saturated carbocycles. The molecule has 0 spiro atoms. The van der Waals surface area contributed by atoms with E-state index in [0.29, 0.717) is 12.2 Å². The third-order valence-electron chi connectivity index (χ3n) is 7.69. The van der Waals surface area contributed by atoms with Gasteiger partial charge < -0.3 is 4.74 Å². The van der Waals surface area contributed by atoms with E-state index in [-0.39, 0.29) is 29.9 Å². The van der Waals surface area contributed by atoms with Gasteiger partial charge in [0.05, 0.1) is 6.04 Å². The number of ether oxygens (including phenoxy) is 1. The van der Waals surface area contributed by atoms with Gasteiger partial charge in [0.25, 0.3) is 0 Å². The number of aryl methyl sites for hydroxylation is 1. The quantitative estimate of drug-likeness (QED) is 0.407. The van der Waals surface area contributed by atoms with E-state index in [1.807, 2.05) is 17.0 Å². The van der Waals surface area contributed by atoms with Crippen LogP contribution in [0.3, 0.4) is 0 Å². The van der Waals surface area contributed by atoms with Crippen molar-refractivity contribution in [2.75, 3.05) is 6.61 Å². The Morgan fingerprint density at radius 2 is 1.71 bits per heavy atom. The summed E-state index contributed by atoms with van der Waals surface area (Å²) in [4.78, 5) is 15.1. The van der Waals surface area contributed by atoms with Gasteiger partial charge in [0.1, 0.15) is 12.4 Å². The lowest BCUT2D eigenvalue weighted by atomic mass is 9.95. The van der Waals surface area contributed by atoms with Gasteiger partial charge in [-0.05, 0) is 72.1 Å². The number of amides is 1. The van der Waals surface area contributed by atoms with Crippen molar-refractivity contribution < 1.29 is 13.9 Å². The molecule has 172 valence electrons. The molecule has 3 aromatic rings. The summed E-state index contributed by atoms with van der Waals surface area (Å²) in [5, 5.41) is 0. The molecule has 0 N–H and O–H groups in total. The lowest BCUT2D eigenvalue weighted by Gasteiger charge is -2.33. The highest BCUT2D eigenvalue weighted by atomic mass is 19.1. The molecule has 2 unspecified atom stereocenters. The van der Waals surface area contributed by atoms with E-state index in [2.05, 4.69) is 54.6 Å². The van der Waals surface area contributed by atoms with Crippen LogP contribution >= 0.6 is 0 Å². The van der Waals surface area contributed by atoms with E-state index < -0.39 is 0 Å². The standard InChI is InChI=1S/C30H28FNO2/c1-19-10-11-20(17-29(19)31)14-21-15-22-12-13-23(16-21)32(22)30(33)34-18-28-26-8-4-2-6-24(26)25-7-3-5-9-27(25)28/h2-11,15,17,22-23,28H,12-14,16,18H2,1H3. The van der Waals surface area contributed by atoms with Crippen molar-refractivity contribution >= 4 is 6.09 Å². The number of hydrogen-bond acceptors (Lipinski definition) is 2. The Hall–Kier alpha value is -3.40. The molecular weight excluding hydrogens is 425 g/mol. The molecule has 2 atom stereocenters. The molecule has 1 fully saturated rings. The summed E-state index contributed by atoms with van der Waals surface area (Å²) in [5.41, 5.74) is 7.87. The molecule has 1 aliphatic carbocycles. The summed E-state index contributed by atoms with van der Waals surface area (Å²) in [6.45, 7) is 2.13. The third kappa shape index (κ3) is 3.62. The topological polar surface area (TPSA) is 29.5 Å². The van der Waals surface area contributed by atoms with E-state index in [9.17, 15) is 9.18 Å². The monoisotopic (exact) mass is 453 g/mol. The minimum Gasteiger partial charge on any atom is -0.448 e. The first-order valence-corrected chi connectivity index (χ1v) is 12.2. The second-order valence-electron chi connectivity index (χ2n) is 9.80. The first kappa shape index (κ1) is 21.2. The SMILES string of the molecule is Cc1ccc(CC2=CC3CCC(C2)N3C(=O)OCC2c3ccccc3-c3ccccc32)cc1F. The second-order valence-corrected chi connectivity index (χ2v) is 9.80. The van der Waals surface area contributed by atoms with Gasteiger partial charge in [-0.15, -0.1) is 0 Å². The Balaban J connectivity index is 1.16. The van der Waals surface area contributed by atoms with Gasteiger partial charge in [0.15, 0.2) is 0 Å². The van der Waals surface area contributed by atoms with Crippen molar-refractivity contribution in [3.63, 3.8) is 0 Å². The summed E-state index contributed by atoms with van der Waals surface area (Å²) in [7, 11) is 0. The van der Waals surface area contributed by atoms with Crippen LogP contribution < -0.4 is 0 Å². The van der Waals surface area contributed by atoms with E-state index >= 15 is 0 Å². The number of hydrogen-bond donors (Lipinski definition) is 0. The minimum atomic E-state index is -0.217. The summed E-state index contributed by atoms with van der Waals surface area (Å²) in [6, 6.07) is 22.5.